The highest BCUT2D eigenvalue weighted by molar-refractivity contribution is 5.95. The van der Waals surface area contributed by atoms with Crippen molar-refractivity contribution in [2.45, 2.75) is 38.4 Å². The van der Waals surface area contributed by atoms with E-state index in [-0.39, 0.29) is 17.1 Å². The first-order valence-corrected chi connectivity index (χ1v) is 12.3. The molecule has 0 saturated carbocycles. The van der Waals surface area contributed by atoms with Crippen molar-refractivity contribution in [1.29, 1.82) is 0 Å². The number of nitrogens with zero attached hydrogens (tertiary/aromatic N) is 6. The SMILES string of the molecule is CN1NC(Nc2cc(C(=O)NCCN3CCCC3(C)C)ccc2F)c2cnc(Nc3ccncn3)nc21. The van der Waals surface area contributed by atoms with E-state index in [0.29, 0.717) is 29.7 Å². The van der Waals surface area contributed by atoms with Crippen LogP contribution in [0.3, 0.4) is 0 Å². The van der Waals surface area contributed by atoms with E-state index in [2.05, 4.69) is 60.1 Å². The summed E-state index contributed by atoms with van der Waals surface area (Å²) < 4.78 is 14.7. The van der Waals surface area contributed by atoms with Crippen LogP contribution in [0.4, 0.5) is 27.7 Å². The molecule has 2 aliphatic heterocycles. The molecule has 0 spiro atoms. The molecule has 0 bridgehead atoms. The van der Waals surface area contributed by atoms with Crippen LogP contribution < -0.4 is 26.4 Å². The average Bonchev–Trinajstić information content (AvgIpc) is 3.38. The van der Waals surface area contributed by atoms with Crippen molar-refractivity contribution in [1.82, 2.24) is 35.6 Å². The number of hydrogen-bond acceptors (Lipinski definition) is 10. The number of halogens is 1. The number of nitrogens with one attached hydrogen (secondary N) is 4. The number of hydrazine groups is 1. The average molecular weight is 507 g/mol. The summed E-state index contributed by atoms with van der Waals surface area (Å²) in [5, 5.41) is 10.9. The number of benzene rings is 1. The second-order valence-corrected chi connectivity index (χ2v) is 9.81. The molecule has 1 aromatic carbocycles. The van der Waals surface area contributed by atoms with Gasteiger partial charge in [0.15, 0.2) is 5.82 Å². The monoisotopic (exact) mass is 506 g/mol. The molecular formula is C25H31FN10O. The number of anilines is 4. The molecule has 11 nitrogen and oxygen atoms in total. The van der Waals surface area contributed by atoms with E-state index in [0.717, 1.165) is 25.1 Å². The van der Waals surface area contributed by atoms with E-state index in [9.17, 15) is 9.18 Å². The zero-order chi connectivity index (χ0) is 26.0. The van der Waals surface area contributed by atoms with Crippen LogP contribution in [-0.4, -0.2) is 63.0 Å². The minimum Gasteiger partial charge on any atom is -0.362 e. The maximum Gasteiger partial charge on any atom is 0.251 e. The first-order valence-electron chi connectivity index (χ1n) is 12.3. The Bertz CT molecular complexity index is 1270. The molecule has 12 heteroatoms. The summed E-state index contributed by atoms with van der Waals surface area (Å²) in [6.07, 6.45) is 6.55. The van der Waals surface area contributed by atoms with E-state index in [1.165, 1.54) is 30.9 Å². The van der Waals surface area contributed by atoms with Crippen LogP contribution in [0, 0.1) is 5.82 Å². The molecule has 2 aliphatic rings. The van der Waals surface area contributed by atoms with Crippen LogP contribution in [0.15, 0.2) is 43.0 Å². The molecule has 4 N–H and O–H groups in total. The topological polar surface area (TPSA) is 123 Å². The molecule has 2 aromatic heterocycles. The lowest BCUT2D eigenvalue weighted by atomic mass is 10.0. The van der Waals surface area contributed by atoms with E-state index in [1.54, 1.807) is 23.5 Å². The van der Waals surface area contributed by atoms with Crippen molar-refractivity contribution in [3.05, 3.63) is 59.9 Å². The Labute approximate surface area is 214 Å². The van der Waals surface area contributed by atoms with Crippen LogP contribution in [0.5, 0.6) is 0 Å². The maximum atomic E-state index is 14.7. The van der Waals surface area contributed by atoms with Gasteiger partial charge >= 0.3 is 0 Å². The normalized spacial score (nSPS) is 18.5. The van der Waals surface area contributed by atoms with Gasteiger partial charge in [0.2, 0.25) is 5.95 Å². The van der Waals surface area contributed by atoms with E-state index in [1.807, 2.05) is 7.05 Å². The van der Waals surface area contributed by atoms with E-state index >= 15 is 0 Å². The minimum absolute atomic E-state index is 0.159. The van der Waals surface area contributed by atoms with Gasteiger partial charge in [-0.2, -0.15) is 4.98 Å². The molecule has 3 aromatic rings. The Kier molecular flexibility index (Phi) is 6.85. The Hall–Kier alpha value is -3.90. The predicted octanol–water partition coefficient (Wildman–Crippen LogP) is 2.82. The quantitative estimate of drug-likeness (QED) is 0.363. The molecule has 4 heterocycles. The molecule has 5 rings (SSSR count). The van der Waals surface area contributed by atoms with Gasteiger partial charge in [-0.05, 0) is 57.5 Å². The third-order valence-corrected chi connectivity index (χ3v) is 6.84. The Morgan fingerprint density at radius 1 is 1.27 bits per heavy atom. The molecule has 1 unspecified atom stereocenters. The smallest absolute Gasteiger partial charge is 0.251 e. The zero-order valence-electron chi connectivity index (χ0n) is 21.1. The van der Waals surface area contributed by atoms with Crippen molar-refractivity contribution in [2.24, 2.45) is 0 Å². The lowest BCUT2D eigenvalue weighted by molar-refractivity contribution is 0.0940. The Balaban J connectivity index is 1.24. The highest BCUT2D eigenvalue weighted by Crippen LogP contribution is 2.32. The fraction of sp³-hybridized carbons (Fsp3) is 0.400. The molecule has 1 fully saturated rings. The second kappa shape index (κ2) is 10.2. The molecule has 0 aliphatic carbocycles. The molecule has 1 saturated heterocycles. The summed E-state index contributed by atoms with van der Waals surface area (Å²) in [6, 6.07) is 6.02. The lowest BCUT2D eigenvalue weighted by Crippen LogP contribution is -2.43. The first-order chi connectivity index (χ1) is 17.8. The molecule has 37 heavy (non-hydrogen) atoms. The highest BCUT2D eigenvalue weighted by atomic mass is 19.1. The van der Waals surface area contributed by atoms with Crippen molar-refractivity contribution in [3.8, 4) is 0 Å². The van der Waals surface area contributed by atoms with Crippen molar-refractivity contribution in [2.75, 3.05) is 42.3 Å². The number of carbonyl (C=O) groups excluding carboxylic acids is 1. The fourth-order valence-corrected chi connectivity index (χ4v) is 4.75. The number of fused-ring (bicyclic) bond motifs is 1. The summed E-state index contributed by atoms with van der Waals surface area (Å²) in [6.45, 7) is 6.82. The van der Waals surface area contributed by atoms with Gasteiger partial charge in [-0.15, -0.1) is 0 Å². The van der Waals surface area contributed by atoms with Gasteiger partial charge in [0.25, 0.3) is 5.91 Å². The number of hydrogen-bond donors (Lipinski definition) is 4. The lowest BCUT2D eigenvalue weighted by Gasteiger charge is -2.31. The molecular weight excluding hydrogens is 475 g/mol. The second-order valence-electron chi connectivity index (χ2n) is 9.81. The predicted molar refractivity (Wildman–Crippen MR) is 139 cm³/mol. The van der Waals surface area contributed by atoms with Gasteiger partial charge in [0, 0.05) is 43.6 Å². The fourth-order valence-electron chi connectivity index (χ4n) is 4.75. The van der Waals surface area contributed by atoms with Crippen molar-refractivity contribution < 1.29 is 9.18 Å². The molecule has 0 radical (unpaired) electrons. The summed E-state index contributed by atoms with van der Waals surface area (Å²) in [4.78, 5) is 32.1. The van der Waals surface area contributed by atoms with Crippen molar-refractivity contribution in [3.63, 3.8) is 0 Å². The van der Waals surface area contributed by atoms with Gasteiger partial charge in [0.05, 0.1) is 11.3 Å². The van der Waals surface area contributed by atoms with Gasteiger partial charge in [-0.25, -0.2) is 24.8 Å². The first kappa shape index (κ1) is 24.8. The Morgan fingerprint density at radius 2 is 2.14 bits per heavy atom. The van der Waals surface area contributed by atoms with Crippen LogP contribution in [0.1, 0.15) is 48.8 Å². The number of likely N-dealkylation sites (tertiary alicyclic amines) is 1. The summed E-state index contributed by atoms with van der Waals surface area (Å²) >= 11 is 0. The standard InChI is InChI=1S/C25H31FN10O/c1-25(2)8-4-11-36(25)12-10-28-23(37)16-5-6-18(26)19(13-16)31-21-17-14-29-24(33-22(17)35(3)34-21)32-20-7-9-27-15-30-20/h5-7,9,13-15,21,31,34H,4,8,10-12H2,1-3H3,(H,28,37)(H,27,29,30,32,33). The summed E-state index contributed by atoms with van der Waals surface area (Å²) in [5.74, 6) is 0.869. The number of aromatic nitrogens is 4. The molecule has 194 valence electrons. The van der Waals surface area contributed by atoms with Gasteiger partial charge in [-0.1, -0.05) is 0 Å². The van der Waals surface area contributed by atoms with Crippen LogP contribution in [0.2, 0.25) is 0 Å². The zero-order valence-corrected chi connectivity index (χ0v) is 21.1. The van der Waals surface area contributed by atoms with E-state index < -0.39 is 12.0 Å². The van der Waals surface area contributed by atoms with Crippen LogP contribution in [-0.2, 0) is 0 Å². The molecule has 1 atom stereocenters. The third kappa shape index (κ3) is 5.44. The number of amides is 1. The third-order valence-electron chi connectivity index (χ3n) is 6.84. The van der Waals surface area contributed by atoms with E-state index in [4.69, 9.17) is 0 Å². The largest absolute Gasteiger partial charge is 0.362 e. The highest BCUT2D eigenvalue weighted by Gasteiger charge is 2.31. The number of carbonyl (C=O) groups is 1. The van der Waals surface area contributed by atoms with Crippen LogP contribution in [0.25, 0.3) is 0 Å². The minimum atomic E-state index is -0.488. The van der Waals surface area contributed by atoms with Crippen LogP contribution >= 0.6 is 0 Å². The van der Waals surface area contributed by atoms with Gasteiger partial charge < -0.3 is 16.0 Å². The Morgan fingerprint density at radius 3 is 2.89 bits per heavy atom. The maximum absolute atomic E-state index is 14.7. The van der Waals surface area contributed by atoms with Gasteiger partial charge in [-0.3, -0.25) is 14.7 Å². The van der Waals surface area contributed by atoms with Gasteiger partial charge in [0.1, 0.15) is 24.1 Å². The molecule has 1 amide bonds. The number of rotatable bonds is 8. The summed E-state index contributed by atoms with van der Waals surface area (Å²) in [7, 11) is 1.81. The summed E-state index contributed by atoms with van der Waals surface area (Å²) in [5.41, 5.74) is 4.68. The van der Waals surface area contributed by atoms with Crippen molar-refractivity contribution >= 4 is 29.2 Å².